The third kappa shape index (κ3) is 1.55. The van der Waals surface area contributed by atoms with E-state index in [0.29, 0.717) is 12.3 Å². The molecule has 0 radical (unpaired) electrons. The van der Waals surface area contributed by atoms with Crippen LogP contribution in [-0.4, -0.2) is 11.7 Å². The Bertz CT molecular complexity index is 337. The second kappa shape index (κ2) is 3.40. The zero-order valence-electron chi connectivity index (χ0n) is 7.04. The summed E-state index contributed by atoms with van der Waals surface area (Å²) in [6.07, 6.45) is 0. The number of nitrogens with one attached hydrogen (secondary N) is 1. The van der Waals surface area contributed by atoms with Gasteiger partial charge < -0.3 is 11.1 Å². The summed E-state index contributed by atoms with van der Waals surface area (Å²) in [5.74, 6) is 0.555. The maximum absolute atomic E-state index is 11.1. The average Bonchev–Trinajstić information content (AvgIpc) is 2.17. The van der Waals surface area contributed by atoms with Crippen molar-refractivity contribution in [2.24, 2.45) is 5.73 Å². The van der Waals surface area contributed by atoms with Crippen LogP contribution in [0, 0.1) is 0 Å². The molecule has 0 spiro atoms. The number of thioether (sulfide) groups is 1. The standard InChI is InChI=1S/C9H10N2OS/c10-4-6-2-1-3-7-9(6)11-8(12)5-13-7/h1-3H,4-5,10H2,(H,11,12). The van der Waals surface area contributed by atoms with Crippen molar-refractivity contribution in [3.63, 3.8) is 0 Å². The number of para-hydroxylation sites is 1. The Labute approximate surface area is 80.7 Å². The molecular formula is C9H10N2OS. The third-order valence-corrected chi connectivity index (χ3v) is 3.01. The number of hydrogen-bond acceptors (Lipinski definition) is 3. The first-order valence-corrected chi connectivity index (χ1v) is 5.04. The molecule has 0 unspecified atom stereocenters. The normalized spacial score (nSPS) is 15.0. The highest BCUT2D eigenvalue weighted by molar-refractivity contribution is 8.00. The van der Waals surface area contributed by atoms with Crippen LogP contribution in [0.25, 0.3) is 0 Å². The highest BCUT2D eigenvalue weighted by atomic mass is 32.2. The van der Waals surface area contributed by atoms with Gasteiger partial charge in [0.2, 0.25) is 5.91 Å². The van der Waals surface area contributed by atoms with Crippen LogP contribution in [0.3, 0.4) is 0 Å². The predicted octanol–water partition coefficient (Wildman–Crippen LogP) is 1.19. The minimum absolute atomic E-state index is 0.0541. The molecule has 1 amide bonds. The molecule has 1 aromatic rings. The fourth-order valence-electron chi connectivity index (χ4n) is 1.33. The first kappa shape index (κ1) is 8.59. The van der Waals surface area contributed by atoms with E-state index >= 15 is 0 Å². The third-order valence-electron chi connectivity index (χ3n) is 1.96. The molecule has 3 N–H and O–H groups in total. The zero-order chi connectivity index (χ0) is 9.26. The van der Waals surface area contributed by atoms with Crippen LogP contribution < -0.4 is 11.1 Å². The number of carbonyl (C=O) groups excluding carboxylic acids is 1. The van der Waals surface area contributed by atoms with Gasteiger partial charge in [-0.25, -0.2) is 0 Å². The molecule has 1 aromatic carbocycles. The lowest BCUT2D eigenvalue weighted by Gasteiger charge is -2.18. The summed E-state index contributed by atoms with van der Waals surface area (Å²) < 4.78 is 0. The smallest absolute Gasteiger partial charge is 0.234 e. The lowest BCUT2D eigenvalue weighted by molar-refractivity contribution is -0.113. The van der Waals surface area contributed by atoms with Gasteiger partial charge in [-0.2, -0.15) is 0 Å². The van der Waals surface area contributed by atoms with Crippen LogP contribution in [0.4, 0.5) is 5.69 Å². The Kier molecular flexibility index (Phi) is 2.24. The topological polar surface area (TPSA) is 55.1 Å². The van der Waals surface area contributed by atoms with Gasteiger partial charge in [0.15, 0.2) is 0 Å². The SMILES string of the molecule is NCc1cccc2c1NC(=O)CS2. The van der Waals surface area contributed by atoms with Crippen molar-refractivity contribution in [2.75, 3.05) is 11.1 Å². The van der Waals surface area contributed by atoms with Crippen molar-refractivity contribution in [3.05, 3.63) is 23.8 Å². The van der Waals surface area contributed by atoms with E-state index in [2.05, 4.69) is 5.32 Å². The summed E-state index contributed by atoms with van der Waals surface area (Å²) in [7, 11) is 0. The van der Waals surface area contributed by atoms with Gasteiger partial charge in [-0.1, -0.05) is 12.1 Å². The molecule has 0 atom stereocenters. The number of hydrogen-bond donors (Lipinski definition) is 2. The van der Waals surface area contributed by atoms with Crippen molar-refractivity contribution < 1.29 is 4.79 Å². The van der Waals surface area contributed by atoms with Gasteiger partial charge in [0.1, 0.15) is 0 Å². The molecule has 1 heterocycles. The Morgan fingerprint density at radius 2 is 2.38 bits per heavy atom. The van der Waals surface area contributed by atoms with Crippen molar-refractivity contribution in [1.82, 2.24) is 0 Å². The van der Waals surface area contributed by atoms with E-state index in [4.69, 9.17) is 5.73 Å². The van der Waals surface area contributed by atoms with Crippen LogP contribution >= 0.6 is 11.8 Å². The predicted molar refractivity (Wildman–Crippen MR) is 53.7 cm³/mol. The summed E-state index contributed by atoms with van der Waals surface area (Å²) >= 11 is 1.56. The van der Waals surface area contributed by atoms with Crippen molar-refractivity contribution in [3.8, 4) is 0 Å². The highest BCUT2D eigenvalue weighted by Gasteiger charge is 2.16. The molecule has 0 aromatic heterocycles. The lowest BCUT2D eigenvalue weighted by Crippen LogP contribution is -2.20. The van der Waals surface area contributed by atoms with Crippen molar-refractivity contribution in [2.45, 2.75) is 11.4 Å². The summed E-state index contributed by atoms with van der Waals surface area (Å²) in [6.45, 7) is 0.462. The van der Waals surface area contributed by atoms with Crippen LogP contribution in [0.2, 0.25) is 0 Å². The van der Waals surface area contributed by atoms with Crippen LogP contribution in [0.5, 0.6) is 0 Å². The zero-order valence-corrected chi connectivity index (χ0v) is 7.86. The van der Waals surface area contributed by atoms with E-state index in [0.717, 1.165) is 16.1 Å². The number of amides is 1. The number of fused-ring (bicyclic) bond motifs is 1. The Hall–Kier alpha value is -1.000. The van der Waals surface area contributed by atoms with Gasteiger partial charge in [0.25, 0.3) is 0 Å². The molecule has 0 saturated heterocycles. The molecule has 68 valence electrons. The van der Waals surface area contributed by atoms with Crippen LogP contribution in [0.15, 0.2) is 23.1 Å². The molecular weight excluding hydrogens is 184 g/mol. The molecule has 0 saturated carbocycles. The van der Waals surface area contributed by atoms with E-state index in [1.807, 2.05) is 18.2 Å². The first-order valence-electron chi connectivity index (χ1n) is 4.06. The fourth-order valence-corrected chi connectivity index (χ4v) is 2.19. The van der Waals surface area contributed by atoms with E-state index in [1.54, 1.807) is 11.8 Å². The Morgan fingerprint density at radius 3 is 3.15 bits per heavy atom. The number of benzene rings is 1. The van der Waals surface area contributed by atoms with Crippen LogP contribution in [0.1, 0.15) is 5.56 Å². The van der Waals surface area contributed by atoms with E-state index in [1.165, 1.54) is 0 Å². The molecule has 0 bridgehead atoms. The first-order chi connectivity index (χ1) is 6.31. The maximum atomic E-state index is 11.1. The summed E-state index contributed by atoms with van der Waals surface area (Å²) in [5, 5.41) is 2.84. The summed E-state index contributed by atoms with van der Waals surface area (Å²) in [4.78, 5) is 12.2. The number of anilines is 1. The van der Waals surface area contributed by atoms with Gasteiger partial charge in [0, 0.05) is 11.4 Å². The minimum atomic E-state index is 0.0541. The fraction of sp³-hybridized carbons (Fsp3) is 0.222. The molecule has 2 rings (SSSR count). The van der Waals surface area contributed by atoms with Gasteiger partial charge >= 0.3 is 0 Å². The van der Waals surface area contributed by atoms with Crippen molar-refractivity contribution in [1.29, 1.82) is 0 Å². The van der Waals surface area contributed by atoms with Crippen LogP contribution in [-0.2, 0) is 11.3 Å². The molecule has 13 heavy (non-hydrogen) atoms. The lowest BCUT2D eigenvalue weighted by atomic mass is 10.1. The largest absolute Gasteiger partial charge is 0.326 e. The Balaban J connectivity index is 2.46. The highest BCUT2D eigenvalue weighted by Crippen LogP contribution is 2.33. The monoisotopic (exact) mass is 194 g/mol. The van der Waals surface area contributed by atoms with Gasteiger partial charge in [-0.15, -0.1) is 11.8 Å². The van der Waals surface area contributed by atoms with E-state index in [9.17, 15) is 4.79 Å². The number of rotatable bonds is 1. The van der Waals surface area contributed by atoms with Crippen molar-refractivity contribution >= 4 is 23.4 Å². The molecule has 1 aliphatic rings. The van der Waals surface area contributed by atoms with Gasteiger partial charge in [-0.3, -0.25) is 4.79 Å². The Morgan fingerprint density at radius 1 is 1.54 bits per heavy atom. The summed E-state index contributed by atoms with van der Waals surface area (Å²) in [5.41, 5.74) is 7.45. The second-order valence-corrected chi connectivity index (χ2v) is 3.85. The molecule has 0 aliphatic carbocycles. The maximum Gasteiger partial charge on any atom is 0.234 e. The minimum Gasteiger partial charge on any atom is -0.326 e. The summed E-state index contributed by atoms with van der Waals surface area (Å²) in [6, 6.07) is 5.90. The molecule has 0 fully saturated rings. The van der Waals surface area contributed by atoms with Gasteiger partial charge in [-0.05, 0) is 11.6 Å². The average molecular weight is 194 g/mol. The quantitative estimate of drug-likeness (QED) is 0.706. The number of nitrogens with two attached hydrogens (primary N) is 1. The molecule has 4 heteroatoms. The molecule has 1 aliphatic heterocycles. The molecule has 3 nitrogen and oxygen atoms in total. The van der Waals surface area contributed by atoms with E-state index < -0.39 is 0 Å². The second-order valence-electron chi connectivity index (χ2n) is 2.83. The van der Waals surface area contributed by atoms with E-state index in [-0.39, 0.29) is 5.91 Å². The van der Waals surface area contributed by atoms with Gasteiger partial charge in [0.05, 0.1) is 11.4 Å². The number of carbonyl (C=O) groups is 1.